The van der Waals surface area contributed by atoms with Crippen LogP contribution in [0.4, 0.5) is 10.5 Å². The Morgan fingerprint density at radius 2 is 2.00 bits per heavy atom. The summed E-state index contributed by atoms with van der Waals surface area (Å²) in [6.45, 7) is 7.17. The Kier molecular flexibility index (Phi) is 5.35. The third-order valence-electron chi connectivity index (χ3n) is 2.54. The first-order valence-electron chi connectivity index (χ1n) is 6.30. The van der Waals surface area contributed by atoms with Crippen LogP contribution in [0.5, 0.6) is 5.75 Å². The van der Waals surface area contributed by atoms with Crippen LogP contribution in [0, 0.1) is 0 Å². The SMILES string of the molecule is COc1ccc(NC(=O)OC(C)(C)C)c(C(C)ON)c1. The number of methoxy groups -OCH3 is 1. The first-order valence-corrected chi connectivity index (χ1v) is 6.30. The molecule has 112 valence electrons. The van der Waals surface area contributed by atoms with Crippen molar-refractivity contribution in [1.29, 1.82) is 0 Å². The lowest BCUT2D eigenvalue weighted by molar-refractivity contribution is 0.0624. The number of amides is 1. The van der Waals surface area contributed by atoms with Crippen molar-refractivity contribution in [3.05, 3.63) is 23.8 Å². The van der Waals surface area contributed by atoms with Crippen molar-refractivity contribution >= 4 is 11.8 Å². The molecule has 6 heteroatoms. The third kappa shape index (κ3) is 4.71. The Balaban J connectivity index is 2.96. The number of rotatable bonds is 4. The van der Waals surface area contributed by atoms with Crippen LogP contribution >= 0.6 is 0 Å². The molecule has 0 aliphatic heterocycles. The van der Waals surface area contributed by atoms with Crippen LogP contribution < -0.4 is 16.0 Å². The number of benzene rings is 1. The third-order valence-corrected chi connectivity index (χ3v) is 2.54. The molecule has 0 aliphatic carbocycles. The van der Waals surface area contributed by atoms with Gasteiger partial charge in [-0.25, -0.2) is 10.7 Å². The molecule has 1 unspecified atom stereocenters. The van der Waals surface area contributed by atoms with E-state index in [2.05, 4.69) is 5.32 Å². The molecule has 0 heterocycles. The molecule has 0 radical (unpaired) electrons. The van der Waals surface area contributed by atoms with Gasteiger partial charge in [-0.05, 0) is 45.9 Å². The summed E-state index contributed by atoms with van der Waals surface area (Å²) < 4.78 is 10.4. The average Bonchev–Trinajstić information content (AvgIpc) is 2.36. The highest BCUT2D eigenvalue weighted by Gasteiger charge is 2.19. The molecule has 1 aromatic carbocycles. The van der Waals surface area contributed by atoms with E-state index in [1.165, 1.54) is 0 Å². The predicted molar refractivity (Wildman–Crippen MR) is 76.5 cm³/mol. The molecule has 6 nitrogen and oxygen atoms in total. The Morgan fingerprint density at radius 3 is 2.50 bits per heavy atom. The summed E-state index contributed by atoms with van der Waals surface area (Å²) in [7, 11) is 1.56. The minimum Gasteiger partial charge on any atom is -0.497 e. The van der Waals surface area contributed by atoms with Gasteiger partial charge in [-0.1, -0.05) is 0 Å². The lowest BCUT2D eigenvalue weighted by Gasteiger charge is -2.21. The molecule has 3 N–H and O–H groups in total. The summed E-state index contributed by atoms with van der Waals surface area (Å²) >= 11 is 0. The van der Waals surface area contributed by atoms with Crippen LogP contribution in [0.2, 0.25) is 0 Å². The number of hydrogen-bond donors (Lipinski definition) is 2. The maximum atomic E-state index is 11.8. The van der Waals surface area contributed by atoms with E-state index in [-0.39, 0.29) is 0 Å². The summed E-state index contributed by atoms with van der Waals surface area (Å²) in [4.78, 5) is 16.6. The van der Waals surface area contributed by atoms with Gasteiger partial charge in [0.25, 0.3) is 0 Å². The fraction of sp³-hybridized carbons (Fsp3) is 0.500. The highest BCUT2D eigenvalue weighted by Crippen LogP contribution is 2.29. The molecule has 0 fully saturated rings. The quantitative estimate of drug-likeness (QED) is 0.829. The van der Waals surface area contributed by atoms with Gasteiger partial charge in [-0.3, -0.25) is 10.2 Å². The van der Waals surface area contributed by atoms with Gasteiger partial charge in [0.2, 0.25) is 0 Å². The zero-order valence-electron chi connectivity index (χ0n) is 12.5. The highest BCUT2D eigenvalue weighted by atomic mass is 16.6. The summed E-state index contributed by atoms with van der Waals surface area (Å²) in [6, 6.07) is 5.21. The van der Waals surface area contributed by atoms with Gasteiger partial charge >= 0.3 is 6.09 Å². The van der Waals surface area contributed by atoms with Crippen LogP contribution in [0.3, 0.4) is 0 Å². The largest absolute Gasteiger partial charge is 0.497 e. The second kappa shape index (κ2) is 6.58. The monoisotopic (exact) mass is 282 g/mol. The molecule has 1 rings (SSSR count). The van der Waals surface area contributed by atoms with Gasteiger partial charge < -0.3 is 9.47 Å². The van der Waals surface area contributed by atoms with E-state index in [0.717, 1.165) is 0 Å². The molecular weight excluding hydrogens is 260 g/mol. The van der Waals surface area contributed by atoms with Crippen LogP contribution in [-0.4, -0.2) is 18.8 Å². The number of carbonyl (C=O) groups is 1. The van der Waals surface area contributed by atoms with E-state index >= 15 is 0 Å². The van der Waals surface area contributed by atoms with E-state index in [1.54, 1.807) is 53.0 Å². The maximum Gasteiger partial charge on any atom is 0.412 e. The van der Waals surface area contributed by atoms with Gasteiger partial charge in [-0.2, -0.15) is 0 Å². The van der Waals surface area contributed by atoms with Crippen LogP contribution in [0.1, 0.15) is 39.4 Å². The minimum atomic E-state index is -0.563. The smallest absolute Gasteiger partial charge is 0.412 e. The summed E-state index contributed by atoms with van der Waals surface area (Å²) in [6.07, 6.45) is -0.928. The molecule has 0 bridgehead atoms. The van der Waals surface area contributed by atoms with Crippen molar-refractivity contribution in [2.24, 2.45) is 5.90 Å². The van der Waals surface area contributed by atoms with Crippen molar-refractivity contribution in [3.63, 3.8) is 0 Å². The van der Waals surface area contributed by atoms with Gasteiger partial charge in [0.15, 0.2) is 0 Å². The first-order chi connectivity index (χ1) is 9.26. The number of anilines is 1. The van der Waals surface area contributed by atoms with Crippen molar-refractivity contribution in [2.75, 3.05) is 12.4 Å². The molecule has 0 aliphatic rings. The summed E-state index contributed by atoms with van der Waals surface area (Å²) in [5.74, 6) is 5.86. The molecular formula is C14H22N2O4. The average molecular weight is 282 g/mol. The zero-order chi connectivity index (χ0) is 15.3. The van der Waals surface area contributed by atoms with E-state index < -0.39 is 17.8 Å². The maximum absolute atomic E-state index is 11.8. The second-order valence-electron chi connectivity index (χ2n) is 5.36. The summed E-state index contributed by atoms with van der Waals surface area (Å²) in [5.41, 5.74) is 0.711. The Bertz CT molecular complexity index is 469. The standard InChI is InChI=1S/C14H22N2O4/c1-9(20-15)11-8-10(18-5)6-7-12(11)16-13(17)19-14(2,3)4/h6-9H,15H2,1-5H3,(H,16,17). The van der Waals surface area contributed by atoms with Gasteiger partial charge in [0.05, 0.1) is 12.8 Å². The predicted octanol–water partition coefficient (Wildman–Crippen LogP) is 2.99. The Morgan fingerprint density at radius 1 is 1.35 bits per heavy atom. The molecule has 0 saturated carbocycles. The Hall–Kier alpha value is -1.79. The fourth-order valence-corrected chi connectivity index (χ4v) is 1.60. The molecule has 0 saturated heterocycles. The zero-order valence-corrected chi connectivity index (χ0v) is 12.5. The number of nitrogens with two attached hydrogens (primary N) is 1. The molecule has 0 spiro atoms. The molecule has 1 aromatic rings. The first kappa shape index (κ1) is 16.3. The van der Waals surface area contributed by atoms with Crippen LogP contribution in [0.25, 0.3) is 0 Å². The molecule has 1 atom stereocenters. The van der Waals surface area contributed by atoms with Crippen LogP contribution in [-0.2, 0) is 9.57 Å². The number of nitrogens with one attached hydrogen (secondary N) is 1. The van der Waals surface area contributed by atoms with Crippen molar-refractivity contribution in [3.8, 4) is 5.75 Å². The molecule has 1 amide bonds. The van der Waals surface area contributed by atoms with Gasteiger partial charge in [0.1, 0.15) is 17.5 Å². The topological polar surface area (TPSA) is 82.8 Å². The fourth-order valence-electron chi connectivity index (χ4n) is 1.60. The van der Waals surface area contributed by atoms with Crippen molar-refractivity contribution in [1.82, 2.24) is 0 Å². The minimum absolute atomic E-state index is 0.393. The lowest BCUT2D eigenvalue weighted by Crippen LogP contribution is -2.27. The normalized spacial score (nSPS) is 12.7. The van der Waals surface area contributed by atoms with Crippen molar-refractivity contribution < 1.29 is 19.1 Å². The van der Waals surface area contributed by atoms with Crippen LogP contribution in [0.15, 0.2) is 18.2 Å². The van der Waals surface area contributed by atoms with E-state index in [9.17, 15) is 4.79 Å². The van der Waals surface area contributed by atoms with E-state index in [1.807, 2.05) is 0 Å². The lowest BCUT2D eigenvalue weighted by atomic mass is 10.1. The number of carbonyl (C=O) groups excluding carboxylic acids is 1. The van der Waals surface area contributed by atoms with Gasteiger partial charge in [-0.15, -0.1) is 0 Å². The number of ether oxygens (including phenoxy) is 2. The molecule has 20 heavy (non-hydrogen) atoms. The van der Waals surface area contributed by atoms with E-state index in [4.69, 9.17) is 20.2 Å². The molecule has 0 aromatic heterocycles. The Labute approximate surface area is 119 Å². The van der Waals surface area contributed by atoms with Crippen molar-refractivity contribution in [2.45, 2.75) is 39.4 Å². The van der Waals surface area contributed by atoms with Gasteiger partial charge in [0, 0.05) is 5.56 Å². The van der Waals surface area contributed by atoms with E-state index in [0.29, 0.717) is 17.0 Å². The summed E-state index contributed by atoms with van der Waals surface area (Å²) in [5, 5.41) is 2.68. The number of hydrogen-bond acceptors (Lipinski definition) is 5. The highest BCUT2D eigenvalue weighted by molar-refractivity contribution is 5.86. The second-order valence-corrected chi connectivity index (χ2v) is 5.36.